The summed E-state index contributed by atoms with van der Waals surface area (Å²) in [6.07, 6.45) is 0.356. The first kappa shape index (κ1) is 8.28. The van der Waals surface area contributed by atoms with Crippen LogP contribution in [0.2, 0.25) is 0 Å². The zero-order chi connectivity index (χ0) is 8.27. The largest absolute Gasteiger partial charge is 0.228 e. The van der Waals surface area contributed by atoms with Gasteiger partial charge in [0.1, 0.15) is 6.10 Å². The molecule has 1 unspecified atom stereocenters. The van der Waals surface area contributed by atoms with Crippen LogP contribution in [0.25, 0.3) is 0 Å². The molecule has 0 N–H and O–H groups in total. The molecule has 0 aliphatic heterocycles. The Morgan fingerprint density at radius 3 is 2.45 bits per heavy atom. The van der Waals surface area contributed by atoms with Crippen molar-refractivity contribution < 1.29 is 5.11 Å². The lowest BCUT2D eigenvalue weighted by molar-refractivity contribution is 0.105. The Kier molecular flexibility index (Phi) is 2.66. The van der Waals surface area contributed by atoms with E-state index in [0.29, 0.717) is 0 Å². The number of rotatable bonds is 2. The number of benzene rings is 1. The van der Waals surface area contributed by atoms with Crippen molar-refractivity contribution in [3.05, 3.63) is 35.4 Å². The van der Waals surface area contributed by atoms with Gasteiger partial charge in [-0.3, -0.25) is 0 Å². The van der Waals surface area contributed by atoms with E-state index in [1.807, 2.05) is 24.3 Å². The molecule has 1 aromatic carbocycles. The molecule has 1 aromatic rings. The zero-order valence-corrected chi connectivity index (χ0v) is 7.00. The minimum Gasteiger partial charge on any atom is -0.228 e. The lowest BCUT2D eigenvalue weighted by Gasteiger charge is -2.07. The maximum atomic E-state index is 11.1. The van der Waals surface area contributed by atoms with E-state index in [2.05, 4.69) is 6.92 Å². The van der Waals surface area contributed by atoms with Crippen LogP contribution in [0, 0.1) is 0 Å². The van der Waals surface area contributed by atoms with Gasteiger partial charge in [-0.1, -0.05) is 31.2 Å². The van der Waals surface area contributed by atoms with E-state index in [9.17, 15) is 5.11 Å². The fourth-order valence-electron chi connectivity index (χ4n) is 1.25. The van der Waals surface area contributed by atoms with E-state index in [1.165, 1.54) is 5.56 Å². The van der Waals surface area contributed by atoms with Crippen molar-refractivity contribution in [1.82, 2.24) is 0 Å². The normalized spacial score (nSPS) is 13.0. The molecule has 0 bridgehead atoms. The van der Waals surface area contributed by atoms with Crippen molar-refractivity contribution >= 4 is 0 Å². The van der Waals surface area contributed by atoms with Gasteiger partial charge in [0, 0.05) is 0 Å². The molecular formula is C10H13O. The van der Waals surface area contributed by atoms with Crippen LogP contribution >= 0.6 is 0 Å². The summed E-state index contributed by atoms with van der Waals surface area (Å²) in [5, 5.41) is 11.1. The number of aryl methyl sites for hydroxylation is 1. The second-order valence-corrected chi connectivity index (χ2v) is 2.69. The average Bonchev–Trinajstić information content (AvgIpc) is 2.04. The Morgan fingerprint density at radius 2 is 2.00 bits per heavy atom. The molecule has 0 aromatic heterocycles. The topological polar surface area (TPSA) is 19.9 Å². The minimum atomic E-state index is -0.592. The molecule has 1 nitrogen and oxygen atoms in total. The van der Waals surface area contributed by atoms with Gasteiger partial charge in [-0.05, 0) is 24.5 Å². The highest BCUT2D eigenvalue weighted by Gasteiger charge is 2.05. The zero-order valence-electron chi connectivity index (χ0n) is 7.00. The lowest BCUT2D eigenvalue weighted by atomic mass is 10.0. The average molecular weight is 149 g/mol. The highest BCUT2D eigenvalue weighted by molar-refractivity contribution is 5.28. The van der Waals surface area contributed by atoms with Crippen LogP contribution in [0.1, 0.15) is 31.1 Å². The van der Waals surface area contributed by atoms with Crippen molar-refractivity contribution in [2.24, 2.45) is 0 Å². The minimum absolute atomic E-state index is 0.592. The van der Waals surface area contributed by atoms with E-state index < -0.39 is 6.10 Å². The number of hydrogen-bond acceptors (Lipinski definition) is 0. The molecule has 1 heteroatoms. The number of hydrogen-bond donors (Lipinski definition) is 0. The molecule has 0 heterocycles. The molecule has 1 rings (SSSR count). The maximum Gasteiger partial charge on any atom is 0.115 e. The summed E-state index contributed by atoms with van der Waals surface area (Å²) in [6, 6.07) is 7.83. The van der Waals surface area contributed by atoms with E-state index in [4.69, 9.17) is 0 Å². The predicted molar refractivity (Wildman–Crippen MR) is 44.9 cm³/mol. The Balaban J connectivity index is 3.02. The van der Waals surface area contributed by atoms with Crippen molar-refractivity contribution in [3.8, 4) is 0 Å². The molecule has 59 valence electrons. The highest BCUT2D eigenvalue weighted by atomic mass is 16.3. The van der Waals surface area contributed by atoms with Crippen molar-refractivity contribution in [2.45, 2.75) is 26.4 Å². The second-order valence-electron chi connectivity index (χ2n) is 2.69. The summed E-state index contributed by atoms with van der Waals surface area (Å²) in [5.74, 6) is 0. The van der Waals surface area contributed by atoms with E-state index in [0.717, 1.165) is 12.0 Å². The van der Waals surface area contributed by atoms with Crippen LogP contribution in [-0.4, -0.2) is 0 Å². The quantitative estimate of drug-likeness (QED) is 0.616. The van der Waals surface area contributed by atoms with Gasteiger partial charge in [0.05, 0.1) is 0 Å². The molecule has 0 saturated carbocycles. The molecule has 11 heavy (non-hydrogen) atoms. The highest BCUT2D eigenvalue weighted by Crippen LogP contribution is 2.17. The van der Waals surface area contributed by atoms with Crippen LogP contribution in [0.5, 0.6) is 0 Å². The first-order valence-electron chi connectivity index (χ1n) is 3.99. The van der Waals surface area contributed by atoms with Crippen LogP contribution in [0.15, 0.2) is 24.3 Å². The van der Waals surface area contributed by atoms with Gasteiger partial charge < -0.3 is 0 Å². The van der Waals surface area contributed by atoms with Gasteiger partial charge in [0.25, 0.3) is 0 Å². The smallest absolute Gasteiger partial charge is 0.115 e. The first-order valence-corrected chi connectivity index (χ1v) is 3.99. The SMILES string of the molecule is CCc1ccccc1C(C)[O]. The molecule has 0 fully saturated rings. The first-order chi connectivity index (χ1) is 5.25. The van der Waals surface area contributed by atoms with Gasteiger partial charge in [-0.25, -0.2) is 5.11 Å². The molecule has 0 saturated heterocycles. The van der Waals surface area contributed by atoms with Gasteiger partial charge in [-0.2, -0.15) is 0 Å². The van der Waals surface area contributed by atoms with Crippen molar-refractivity contribution in [1.29, 1.82) is 0 Å². The summed E-state index contributed by atoms with van der Waals surface area (Å²) in [7, 11) is 0. The molecule has 0 spiro atoms. The van der Waals surface area contributed by atoms with Crippen molar-refractivity contribution in [2.75, 3.05) is 0 Å². The molecule has 0 aliphatic carbocycles. The van der Waals surface area contributed by atoms with Crippen LogP contribution < -0.4 is 0 Å². The summed E-state index contributed by atoms with van der Waals surface area (Å²) < 4.78 is 0. The summed E-state index contributed by atoms with van der Waals surface area (Å²) in [6.45, 7) is 3.76. The van der Waals surface area contributed by atoms with Gasteiger partial charge in [0.15, 0.2) is 0 Å². The Labute approximate surface area is 67.7 Å². The van der Waals surface area contributed by atoms with Gasteiger partial charge >= 0.3 is 0 Å². The third-order valence-electron chi connectivity index (χ3n) is 1.87. The maximum absolute atomic E-state index is 11.1. The fraction of sp³-hybridized carbons (Fsp3) is 0.400. The monoisotopic (exact) mass is 149 g/mol. The second kappa shape index (κ2) is 3.54. The molecule has 0 aliphatic rings. The fourth-order valence-corrected chi connectivity index (χ4v) is 1.25. The van der Waals surface area contributed by atoms with Crippen LogP contribution in [-0.2, 0) is 11.5 Å². The molecule has 1 radical (unpaired) electrons. The Bertz CT molecular complexity index is 228. The summed E-state index contributed by atoms with van der Waals surface area (Å²) in [4.78, 5) is 0. The summed E-state index contributed by atoms with van der Waals surface area (Å²) >= 11 is 0. The van der Waals surface area contributed by atoms with Crippen LogP contribution in [0.4, 0.5) is 0 Å². The predicted octanol–water partition coefficient (Wildman–Crippen LogP) is 2.74. The van der Waals surface area contributed by atoms with Crippen molar-refractivity contribution in [3.63, 3.8) is 0 Å². The van der Waals surface area contributed by atoms with E-state index >= 15 is 0 Å². The molecule has 1 atom stereocenters. The van der Waals surface area contributed by atoms with E-state index in [1.54, 1.807) is 6.92 Å². The summed E-state index contributed by atoms with van der Waals surface area (Å²) in [5.41, 5.74) is 2.12. The third kappa shape index (κ3) is 1.81. The Morgan fingerprint density at radius 1 is 1.36 bits per heavy atom. The lowest BCUT2D eigenvalue weighted by Crippen LogP contribution is -1.94. The van der Waals surface area contributed by atoms with Crippen LogP contribution in [0.3, 0.4) is 0 Å². The standard InChI is InChI=1S/C10H13O/c1-3-9-6-4-5-7-10(9)8(2)11/h4-8H,3H2,1-2H3. The van der Waals surface area contributed by atoms with Gasteiger partial charge in [-0.15, -0.1) is 0 Å². The van der Waals surface area contributed by atoms with E-state index in [-0.39, 0.29) is 0 Å². The molecular weight excluding hydrogens is 136 g/mol. The third-order valence-corrected chi connectivity index (χ3v) is 1.87. The molecule has 0 amide bonds. The van der Waals surface area contributed by atoms with Gasteiger partial charge in [0.2, 0.25) is 0 Å². The Hall–Kier alpha value is -0.820.